The Morgan fingerprint density at radius 1 is 1.33 bits per heavy atom. The first-order chi connectivity index (χ1) is 10.2. The van der Waals surface area contributed by atoms with Gasteiger partial charge in [-0.25, -0.2) is 0 Å². The third-order valence-corrected chi connectivity index (χ3v) is 4.70. The van der Waals surface area contributed by atoms with Crippen LogP contribution in [-0.4, -0.2) is 50.4 Å². The van der Waals surface area contributed by atoms with Gasteiger partial charge in [-0.2, -0.15) is 0 Å². The summed E-state index contributed by atoms with van der Waals surface area (Å²) in [5.41, 5.74) is 1.07. The van der Waals surface area contributed by atoms with Gasteiger partial charge in [0.05, 0.1) is 20.0 Å². The molecule has 116 valence electrons. The van der Waals surface area contributed by atoms with Crippen LogP contribution in [0, 0.1) is 0 Å². The molecule has 6 heteroatoms. The monoisotopic (exact) mass is 310 g/mol. The second-order valence-electron chi connectivity index (χ2n) is 4.72. The molecule has 1 aromatic carbocycles. The van der Waals surface area contributed by atoms with Crippen molar-refractivity contribution < 1.29 is 14.3 Å². The molecule has 1 fully saturated rings. The molecule has 1 amide bonds. The molecule has 0 radical (unpaired) electrons. The molecule has 1 N–H and O–H groups in total. The molecule has 1 aliphatic heterocycles. The summed E-state index contributed by atoms with van der Waals surface area (Å²) in [6, 6.07) is 5.84. The zero-order chi connectivity index (χ0) is 15.2. The number of nitrogens with zero attached hydrogens (tertiary/aromatic N) is 1. The number of methoxy groups -OCH3 is 2. The predicted octanol–water partition coefficient (Wildman–Crippen LogP) is 1.89. The van der Waals surface area contributed by atoms with Crippen LogP contribution in [-0.2, 0) is 4.79 Å². The summed E-state index contributed by atoms with van der Waals surface area (Å²) < 4.78 is 10.6. The highest BCUT2D eigenvalue weighted by molar-refractivity contribution is 8.00. The fraction of sp³-hybridized carbons (Fsp3) is 0.533. The molecular formula is C15H22N2O3S. The number of benzene rings is 1. The van der Waals surface area contributed by atoms with Gasteiger partial charge in [0.25, 0.3) is 0 Å². The number of carbonyl (C=O) groups excluding carboxylic acids is 1. The van der Waals surface area contributed by atoms with Gasteiger partial charge in [-0.05, 0) is 24.2 Å². The van der Waals surface area contributed by atoms with Gasteiger partial charge in [0.2, 0.25) is 5.91 Å². The van der Waals surface area contributed by atoms with E-state index in [9.17, 15) is 4.79 Å². The second-order valence-corrected chi connectivity index (χ2v) is 5.79. The Morgan fingerprint density at radius 3 is 2.76 bits per heavy atom. The van der Waals surface area contributed by atoms with Crippen molar-refractivity contribution in [3.05, 3.63) is 23.8 Å². The summed E-state index contributed by atoms with van der Waals surface area (Å²) in [4.78, 5) is 14.0. The average molecular weight is 310 g/mol. The number of hydrogen-bond donors (Lipinski definition) is 1. The van der Waals surface area contributed by atoms with E-state index < -0.39 is 0 Å². The Hall–Kier alpha value is -1.40. The minimum absolute atomic E-state index is 0.0518. The molecule has 1 aromatic rings. The molecule has 0 aliphatic carbocycles. The van der Waals surface area contributed by atoms with Gasteiger partial charge in [-0.3, -0.25) is 4.79 Å². The highest BCUT2D eigenvalue weighted by atomic mass is 32.2. The van der Waals surface area contributed by atoms with E-state index >= 15 is 0 Å². The quantitative estimate of drug-likeness (QED) is 0.780. The Bertz CT molecular complexity index is 496. The van der Waals surface area contributed by atoms with Gasteiger partial charge in [0.15, 0.2) is 11.5 Å². The molecule has 1 atom stereocenters. The molecule has 0 saturated carbocycles. The molecule has 0 spiro atoms. The van der Waals surface area contributed by atoms with Gasteiger partial charge >= 0.3 is 0 Å². The van der Waals surface area contributed by atoms with E-state index in [4.69, 9.17) is 9.47 Å². The van der Waals surface area contributed by atoms with Crippen LogP contribution in [0.4, 0.5) is 0 Å². The number of ether oxygens (including phenoxy) is 2. The maximum absolute atomic E-state index is 12.1. The van der Waals surface area contributed by atoms with Crippen molar-refractivity contribution in [3.63, 3.8) is 0 Å². The summed E-state index contributed by atoms with van der Waals surface area (Å²) in [5.74, 6) is 2.12. The Morgan fingerprint density at radius 2 is 2.10 bits per heavy atom. The number of amides is 1. The van der Waals surface area contributed by atoms with Crippen LogP contribution in [0.25, 0.3) is 0 Å². The molecular weight excluding hydrogens is 288 g/mol. The van der Waals surface area contributed by atoms with Crippen molar-refractivity contribution in [2.24, 2.45) is 0 Å². The minimum Gasteiger partial charge on any atom is -0.493 e. The zero-order valence-corrected chi connectivity index (χ0v) is 13.5. The first-order valence-electron chi connectivity index (χ1n) is 7.05. The lowest BCUT2D eigenvalue weighted by Crippen LogP contribution is -2.35. The van der Waals surface area contributed by atoms with E-state index in [1.54, 1.807) is 26.0 Å². The summed E-state index contributed by atoms with van der Waals surface area (Å²) in [6.45, 7) is 4.51. The van der Waals surface area contributed by atoms with Crippen molar-refractivity contribution in [1.29, 1.82) is 0 Å². The van der Waals surface area contributed by atoms with Crippen LogP contribution in [0.3, 0.4) is 0 Å². The van der Waals surface area contributed by atoms with Crippen molar-refractivity contribution in [1.82, 2.24) is 10.2 Å². The van der Waals surface area contributed by atoms with E-state index in [0.717, 1.165) is 25.2 Å². The molecule has 1 heterocycles. The van der Waals surface area contributed by atoms with E-state index in [-0.39, 0.29) is 11.3 Å². The van der Waals surface area contributed by atoms with Crippen molar-refractivity contribution in [2.45, 2.75) is 12.3 Å². The first-order valence-corrected chi connectivity index (χ1v) is 8.09. The number of nitrogens with one attached hydrogen (secondary N) is 1. The van der Waals surface area contributed by atoms with Gasteiger partial charge < -0.3 is 19.7 Å². The van der Waals surface area contributed by atoms with E-state index in [2.05, 4.69) is 12.2 Å². The smallest absolute Gasteiger partial charge is 0.233 e. The maximum atomic E-state index is 12.1. The van der Waals surface area contributed by atoms with Gasteiger partial charge in [-0.1, -0.05) is 13.0 Å². The lowest BCUT2D eigenvalue weighted by molar-refractivity contribution is -0.128. The molecule has 2 rings (SSSR count). The first kappa shape index (κ1) is 16.0. The van der Waals surface area contributed by atoms with Gasteiger partial charge in [-0.15, -0.1) is 11.8 Å². The molecule has 1 aliphatic rings. The molecule has 0 bridgehead atoms. The maximum Gasteiger partial charge on any atom is 0.233 e. The third kappa shape index (κ3) is 3.63. The predicted molar refractivity (Wildman–Crippen MR) is 85.0 cm³/mol. The van der Waals surface area contributed by atoms with Crippen LogP contribution in [0.5, 0.6) is 11.5 Å². The third-order valence-electron chi connectivity index (χ3n) is 3.44. The molecule has 5 nitrogen and oxygen atoms in total. The van der Waals surface area contributed by atoms with Crippen LogP contribution in [0.15, 0.2) is 18.2 Å². The van der Waals surface area contributed by atoms with E-state index in [0.29, 0.717) is 17.3 Å². The largest absolute Gasteiger partial charge is 0.493 e. The molecule has 1 saturated heterocycles. The van der Waals surface area contributed by atoms with E-state index in [1.807, 2.05) is 23.1 Å². The number of thioether (sulfide) groups is 1. The Balaban J connectivity index is 2.17. The van der Waals surface area contributed by atoms with E-state index in [1.165, 1.54) is 0 Å². The van der Waals surface area contributed by atoms with Gasteiger partial charge in [0, 0.05) is 13.1 Å². The highest BCUT2D eigenvalue weighted by Gasteiger charge is 2.32. The average Bonchev–Trinajstić information content (AvgIpc) is 2.88. The normalized spacial score (nSPS) is 18.1. The summed E-state index contributed by atoms with van der Waals surface area (Å²) in [5, 5.41) is 3.31. The Kier molecular flexibility index (Phi) is 5.76. The number of carbonyl (C=O) groups is 1. The van der Waals surface area contributed by atoms with Crippen LogP contribution >= 0.6 is 11.8 Å². The Labute approximate surface area is 130 Å². The van der Waals surface area contributed by atoms with Crippen molar-refractivity contribution in [2.75, 3.05) is 39.6 Å². The summed E-state index contributed by atoms with van der Waals surface area (Å²) >= 11 is 1.65. The second kappa shape index (κ2) is 7.56. The highest BCUT2D eigenvalue weighted by Crippen LogP contribution is 2.41. The summed E-state index contributed by atoms with van der Waals surface area (Å²) in [6.07, 6.45) is 0. The fourth-order valence-corrected chi connectivity index (χ4v) is 3.56. The lowest BCUT2D eigenvalue weighted by Gasteiger charge is -2.25. The number of hydrogen-bond acceptors (Lipinski definition) is 5. The van der Waals surface area contributed by atoms with Crippen molar-refractivity contribution in [3.8, 4) is 11.5 Å². The lowest BCUT2D eigenvalue weighted by atomic mass is 10.2. The number of likely N-dealkylation sites (N-methyl/N-ethyl adjacent to an activating group) is 1. The zero-order valence-electron chi connectivity index (χ0n) is 12.7. The summed E-state index contributed by atoms with van der Waals surface area (Å²) in [7, 11) is 3.24. The SMILES string of the molecule is CCNCCN1C(=O)CSC1c1ccc(OC)c(OC)c1. The van der Waals surface area contributed by atoms with Crippen LogP contribution in [0.2, 0.25) is 0 Å². The number of rotatable bonds is 7. The van der Waals surface area contributed by atoms with Crippen LogP contribution in [0.1, 0.15) is 17.9 Å². The fourth-order valence-electron chi connectivity index (χ4n) is 2.35. The molecule has 0 aromatic heterocycles. The van der Waals surface area contributed by atoms with Crippen LogP contribution < -0.4 is 14.8 Å². The van der Waals surface area contributed by atoms with Crippen molar-refractivity contribution >= 4 is 17.7 Å². The topological polar surface area (TPSA) is 50.8 Å². The van der Waals surface area contributed by atoms with Gasteiger partial charge in [0.1, 0.15) is 5.37 Å². The standard InChI is InChI=1S/C15H22N2O3S/c1-4-16-7-8-17-14(18)10-21-15(17)11-5-6-12(19-2)13(9-11)20-3/h5-6,9,15-16H,4,7-8,10H2,1-3H3. The molecule has 21 heavy (non-hydrogen) atoms. The minimum atomic E-state index is 0.0518. The molecule has 1 unspecified atom stereocenters.